The first-order valence-electron chi connectivity index (χ1n) is 18.3. The first kappa shape index (κ1) is 42.4. The quantitative estimate of drug-likeness (QED) is 0.147. The molecule has 6 atom stereocenters. The molecule has 290 valence electrons. The molecule has 4 N–H and O–H groups in total. The molecule has 3 fully saturated rings. The Morgan fingerprint density at radius 2 is 1.59 bits per heavy atom. The lowest BCUT2D eigenvalue weighted by molar-refractivity contribution is -0.145. The first-order valence-corrected chi connectivity index (χ1v) is 19.7. The zero-order valence-electron chi connectivity index (χ0n) is 32.6. The van der Waals surface area contributed by atoms with Crippen LogP contribution in [0.2, 0.25) is 0 Å². The lowest BCUT2D eigenvalue weighted by atomic mass is 9.85. The molecular formula is C36H63N7O7S. The lowest BCUT2D eigenvalue weighted by Gasteiger charge is -2.39. The Labute approximate surface area is 305 Å². The molecule has 2 saturated heterocycles. The number of hydrogen-bond acceptors (Lipinski definition) is 7. The van der Waals surface area contributed by atoms with E-state index in [1.54, 1.807) is 0 Å². The zero-order valence-corrected chi connectivity index (χ0v) is 33.4. The predicted molar refractivity (Wildman–Crippen MR) is 196 cm³/mol. The van der Waals surface area contributed by atoms with E-state index in [2.05, 4.69) is 27.8 Å². The Bertz CT molecular complexity index is 1450. The molecule has 0 spiro atoms. The SMILES string of the molecule is C=CCNC(=O)C(=O)C(CCCC)NC(=O)[C@@H]1[C@@H]2[C@H](CN1C(=O)[C@@H](NC(=O)N[C@H](CN1CCN(C(C)C)S1(=O)=O)C(C)(C)C)C(C)(C)C)C2(C)C. The molecule has 0 bridgehead atoms. The molecule has 0 radical (unpaired) electrons. The number of nitrogens with one attached hydrogen (secondary N) is 4. The summed E-state index contributed by atoms with van der Waals surface area (Å²) in [5.41, 5.74) is -1.52. The number of Topliss-reactive ketones (excluding diaryl/α,β-unsaturated/α-hetero) is 1. The number of unbranched alkanes of at least 4 members (excludes halogenated alkanes) is 1. The van der Waals surface area contributed by atoms with Crippen LogP contribution in [0.15, 0.2) is 12.7 Å². The minimum Gasteiger partial charge on any atom is -0.346 e. The van der Waals surface area contributed by atoms with Crippen LogP contribution in [0, 0.1) is 28.1 Å². The van der Waals surface area contributed by atoms with Gasteiger partial charge in [-0.1, -0.05) is 81.2 Å². The molecule has 1 unspecified atom stereocenters. The number of fused-ring (bicyclic) bond motifs is 1. The van der Waals surface area contributed by atoms with Crippen LogP contribution in [-0.4, -0.2) is 114 Å². The fraction of sp³-hybridized carbons (Fsp3) is 0.806. The number of amides is 5. The summed E-state index contributed by atoms with van der Waals surface area (Å²) in [5.74, 6) is -2.60. The molecule has 2 aliphatic heterocycles. The van der Waals surface area contributed by atoms with Gasteiger partial charge in [0.25, 0.3) is 16.1 Å². The number of rotatable bonds is 15. The van der Waals surface area contributed by atoms with Gasteiger partial charge >= 0.3 is 6.03 Å². The molecule has 5 amide bonds. The first-order chi connectivity index (χ1) is 23.4. The van der Waals surface area contributed by atoms with E-state index >= 15 is 0 Å². The van der Waals surface area contributed by atoms with Gasteiger partial charge in [-0.3, -0.25) is 19.2 Å². The highest BCUT2D eigenvalue weighted by Gasteiger charge is 2.70. The molecule has 0 aromatic rings. The van der Waals surface area contributed by atoms with Crippen molar-refractivity contribution >= 4 is 39.7 Å². The smallest absolute Gasteiger partial charge is 0.315 e. The molecule has 3 rings (SSSR count). The van der Waals surface area contributed by atoms with Crippen LogP contribution < -0.4 is 21.3 Å². The van der Waals surface area contributed by atoms with E-state index in [-0.39, 0.29) is 42.8 Å². The Hall–Kier alpha value is -3.04. The number of carbonyl (C=O) groups is 5. The summed E-state index contributed by atoms with van der Waals surface area (Å²) < 4.78 is 29.3. The van der Waals surface area contributed by atoms with Crippen molar-refractivity contribution in [2.24, 2.45) is 28.1 Å². The standard InChI is InChI=1S/C36H63N7O7S/c1-13-15-16-24(28(44)31(46)37-17-14-2)38-30(45)27-26-23(36(26,11)12)20-42(27)32(47)29(35(8,9)10)40-33(48)39-25(34(5,6)7)21-41-18-19-43(22(3)4)51(41,49)50/h14,22-27,29H,2,13,15-21H2,1,3-12H3,(H,37,46)(H,38,45)(H2,39,40,48)/t23-,24?,25+,26-,27-,29+/m0/s1. The molecule has 0 aromatic heterocycles. The normalized spacial score (nSPS) is 24.6. The summed E-state index contributed by atoms with van der Waals surface area (Å²) in [6.07, 6.45) is 3.09. The van der Waals surface area contributed by atoms with Crippen molar-refractivity contribution in [2.75, 3.05) is 32.7 Å². The fourth-order valence-electron chi connectivity index (χ4n) is 7.34. The number of ketones is 1. The Kier molecular flexibility index (Phi) is 13.2. The minimum absolute atomic E-state index is 0.0467. The monoisotopic (exact) mass is 737 g/mol. The van der Waals surface area contributed by atoms with Gasteiger partial charge in [0.15, 0.2) is 0 Å². The Morgan fingerprint density at radius 3 is 2.10 bits per heavy atom. The van der Waals surface area contributed by atoms with Crippen molar-refractivity contribution in [3.8, 4) is 0 Å². The number of urea groups is 1. The van der Waals surface area contributed by atoms with Gasteiger partial charge in [0.1, 0.15) is 12.1 Å². The second-order valence-electron chi connectivity index (χ2n) is 17.4. The predicted octanol–water partition coefficient (Wildman–Crippen LogP) is 2.42. The molecule has 1 aliphatic carbocycles. The lowest BCUT2D eigenvalue weighted by Crippen LogP contribution is -2.62. The van der Waals surface area contributed by atoms with Crippen molar-refractivity contribution in [2.45, 2.75) is 126 Å². The van der Waals surface area contributed by atoms with E-state index in [1.807, 2.05) is 76.2 Å². The second kappa shape index (κ2) is 15.9. The summed E-state index contributed by atoms with van der Waals surface area (Å²) >= 11 is 0. The second-order valence-corrected chi connectivity index (χ2v) is 19.2. The molecule has 3 aliphatic rings. The van der Waals surface area contributed by atoms with E-state index in [0.29, 0.717) is 26.1 Å². The van der Waals surface area contributed by atoms with E-state index in [1.165, 1.54) is 19.6 Å². The van der Waals surface area contributed by atoms with Crippen molar-refractivity contribution < 1.29 is 32.4 Å². The molecule has 51 heavy (non-hydrogen) atoms. The summed E-state index contributed by atoms with van der Waals surface area (Å²) in [6, 6.07) is -4.39. The van der Waals surface area contributed by atoms with Crippen LogP contribution in [0.5, 0.6) is 0 Å². The number of carbonyl (C=O) groups excluding carboxylic acids is 5. The molecule has 0 aromatic carbocycles. The van der Waals surface area contributed by atoms with E-state index in [9.17, 15) is 32.4 Å². The van der Waals surface area contributed by atoms with Crippen LogP contribution in [-0.2, 0) is 29.4 Å². The van der Waals surface area contributed by atoms with Crippen LogP contribution in [0.25, 0.3) is 0 Å². The zero-order chi connectivity index (χ0) is 38.9. The summed E-state index contributed by atoms with van der Waals surface area (Å²) in [5, 5.41) is 11.1. The highest BCUT2D eigenvalue weighted by Crippen LogP contribution is 2.65. The van der Waals surface area contributed by atoms with E-state index < -0.39 is 74.7 Å². The van der Waals surface area contributed by atoms with Gasteiger partial charge in [0, 0.05) is 44.8 Å². The highest BCUT2D eigenvalue weighted by molar-refractivity contribution is 7.87. The number of nitrogens with zero attached hydrogens (tertiary/aromatic N) is 3. The number of hydrogen-bond donors (Lipinski definition) is 4. The fourth-order valence-corrected chi connectivity index (χ4v) is 9.13. The van der Waals surface area contributed by atoms with Crippen molar-refractivity contribution in [1.29, 1.82) is 0 Å². The molecule has 14 nitrogen and oxygen atoms in total. The van der Waals surface area contributed by atoms with Crippen molar-refractivity contribution in [3.05, 3.63) is 12.7 Å². The van der Waals surface area contributed by atoms with Gasteiger partial charge in [-0.25, -0.2) is 4.79 Å². The van der Waals surface area contributed by atoms with Crippen molar-refractivity contribution in [1.82, 2.24) is 34.8 Å². The van der Waals surface area contributed by atoms with E-state index in [4.69, 9.17) is 0 Å². The van der Waals surface area contributed by atoms with Gasteiger partial charge < -0.3 is 26.2 Å². The molecule has 1 saturated carbocycles. The number of piperidine rings is 1. The number of likely N-dealkylation sites (tertiary alicyclic amines) is 1. The molecule has 15 heteroatoms. The molecule has 2 heterocycles. The van der Waals surface area contributed by atoms with Crippen LogP contribution >= 0.6 is 0 Å². The van der Waals surface area contributed by atoms with Gasteiger partial charge in [-0.05, 0) is 48.3 Å². The summed E-state index contributed by atoms with van der Waals surface area (Å²) in [6.45, 7) is 25.6. The maximum absolute atomic E-state index is 14.5. The third-order valence-corrected chi connectivity index (χ3v) is 12.9. The minimum atomic E-state index is -3.69. The third kappa shape index (κ3) is 9.50. The van der Waals surface area contributed by atoms with Gasteiger partial charge in [-0.2, -0.15) is 17.0 Å². The Morgan fingerprint density at radius 1 is 0.961 bits per heavy atom. The van der Waals surface area contributed by atoms with Gasteiger partial charge in [0.2, 0.25) is 17.6 Å². The molecular weight excluding hydrogens is 675 g/mol. The van der Waals surface area contributed by atoms with Crippen molar-refractivity contribution in [3.63, 3.8) is 0 Å². The van der Waals surface area contributed by atoms with E-state index in [0.717, 1.165) is 6.42 Å². The van der Waals surface area contributed by atoms with Crippen LogP contribution in [0.1, 0.15) is 95.4 Å². The van der Waals surface area contributed by atoms with Crippen LogP contribution in [0.3, 0.4) is 0 Å². The average Bonchev–Trinajstić information content (AvgIpc) is 3.28. The van der Waals surface area contributed by atoms with Gasteiger partial charge in [-0.15, -0.1) is 6.58 Å². The maximum Gasteiger partial charge on any atom is 0.315 e. The maximum atomic E-state index is 14.5. The highest BCUT2D eigenvalue weighted by atomic mass is 32.2. The average molecular weight is 738 g/mol. The summed E-state index contributed by atoms with van der Waals surface area (Å²) in [7, 11) is -3.69. The topological polar surface area (TPSA) is 177 Å². The summed E-state index contributed by atoms with van der Waals surface area (Å²) in [4.78, 5) is 69.4. The van der Waals surface area contributed by atoms with Gasteiger partial charge in [0.05, 0.1) is 6.04 Å². The Balaban J connectivity index is 1.83. The third-order valence-electron chi connectivity index (χ3n) is 10.8. The van der Waals surface area contributed by atoms with Crippen LogP contribution in [0.4, 0.5) is 4.79 Å². The largest absolute Gasteiger partial charge is 0.346 e.